The zero-order valence-corrected chi connectivity index (χ0v) is 16.5. The van der Waals surface area contributed by atoms with E-state index in [1.165, 1.54) is 0 Å². The van der Waals surface area contributed by atoms with E-state index < -0.39 is 0 Å². The van der Waals surface area contributed by atoms with Crippen LogP contribution >= 0.6 is 0 Å². The van der Waals surface area contributed by atoms with Gasteiger partial charge in [0.25, 0.3) is 11.5 Å². The molecule has 2 aliphatic rings. The van der Waals surface area contributed by atoms with Crippen molar-refractivity contribution in [2.24, 2.45) is 0 Å². The van der Waals surface area contributed by atoms with Crippen molar-refractivity contribution < 1.29 is 4.79 Å². The van der Waals surface area contributed by atoms with Crippen LogP contribution in [0.15, 0.2) is 47.3 Å². The van der Waals surface area contributed by atoms with E-state index in [1.54, 1.807) is 22.8 Å². The van der Waals surface area contributed by atoms with E-state index in [-0.39, 0.29) is 11.5 Å². The maximum Gasteiger partial charge on any atom is 0.267 e. The van der Waals surface area contributed by atoms with Crippen molar-refractivity contribution in [2.45, 2.75) is 38.6 Å². The fraction of sp³-hybridized carbons (Fsp3) is 0.348. The van der Waals surface area contributed by atoms with Crippen LogP contribution in [-0.4, -0.2) is 34.6 Å². The standard InChI is InChI=1S/C23H24N4O2/c1-15-5-4-6-18(13-15)27-22(29)19-10-7-16(21(28)24-17-8-9-17)14-20(19)25-23(27)26-11-2-3-12-26/h4-7,10,13-14,17H,2-3,8-9,11-12H2,1H3,(H,24,28). The Labute approximate surface area is 169 Å². The number of nitrogens with zero attached hydrogens (tertiary/aromatic N) is 3. The van der Waals surface area contributed by atoms with Crippen LogP contribution in [0, 0.1) is 6.92 Å². The summed E-state index contributed by atoms with van der Waals surface area (Å²) in [6.45, 7) is 3.78. The molecule has 3 aromatic rings. The molecule has 0 unspecified atom stereocenters. The number of aryl methyl sites for hydroxylation is 1. The van der Waals surface area contributed by atoms with Gasteiger partial charge in [-0.15, -0.1) is 0 Å². The highest BCUT2D eigenvalue weighted by molar-refractivity contribution is 5.98. The van der Waals surface area contributed by atoms with Crippen molar-refractivity contribution in [3.05, 3.63) is 63.9 Å². The van der Waals surface area contributed by atoms with Crippen LogP contribution in [-0.2, 0) is 0 Å². The summed E-state index contributed by atoms with van der Waals surface area (Å²) in [5.74, 6) is 0.562. The van der Waals surface area contributed by atoms with Gasteiger partial charge in [0, 0.05) is 24.7 Å². The van der Waals surface area contributed by atoms with Gasteiger partial charge in [-0.05, 0) is 68.5 Å². The molecule has 6 heteroatoms. The number of nitrogens with one attached hydrogen (secondary N) is 1. The molecule has 1 saturated carbocycles. The first-order chi connectivity index (χ1) is 14.1. The molecule has 1 aliphatic heterocycles. The number of rotatable bonds is 4. The van der Waals surface area contributed by atoms with Crippen molar-refractivity contribution in [3.8, 4) is 5.69 Å². The lowest BCUT2D eigenvalue weighted by Crippen LogP contribution is -2.30. The quantitative estimate of drug-likeness (QED) is 0.745. The number of fused-ring (bicyclic) bond motifs is 1. The number of amides is 1. The van der Waals surface area contributed by atoms with Crippen LogP contribution in [0.3, 0.4) is 0 Å². The second-order valence-corrected chi connectivity index (χ2v) is 8.07. The summed E-state index contributed by atoms with van der Waals surface area (Å²) in [5, 5.41) is 3.53. The number of hydrogen-bond donors (Lipinski definition) is 1. The highest BCUT2D eigenvalue weighted by Gasteiger charge is 2.25. The first-order valence-electron chi connectivity index (χ1n) is 10.3. The summed E-state index contributed by atoms with van der Waals surface area (Å²) in [4.78, 5) is 33.0. The van der Waals surface area contributed by atoms with E-state index in [0.29, 0.717) is 28.5 Å². The van der Waals surface area contributed by atoms with Crippen molar-refractivity contribution in [3.63, 3.8) is 0 Å². The average molecular weight is 388 g/mol. The van der Waals surface area contributed by atoms with Crippen LogP contribution in [0.4, 0.5) is 5.95 Å². The summed E-state index contributed by atoms with van der Waals surface area (Å²) in [6, 6.07) is 13.4. The first kappa shape index (κ1) is 17.9. The molecule has 0 radical (unpaired) electrons. The molecule has 148 valence electrons. The van der Waals surface area contributed by atoms with Crippen LogP contribution < -0.4 is 15.8 Å². The van der Waals surface area contributed by atoms with Gasteiger partial charge < -0.3 is 10.2 Å². The third kappa shape index (κ3) is 3.39. The van der Waals surface area contributed by atoms with Gasteiger partial charge in [0.2, 0.25) is 5.95 Å². The number of hydrogen-bond acceptors (Lipinski definition) is 4. The third-order valence-electron chi connectivity index (χ3n) is 5.68. The molecule has 2 fully saturated rings. The minimum Gasteiger partial charge on any atom is -0.349 e. The zero-order valence-electron chi connectivity index (χ0n) is 16.5. The smallest absolute Gasteiger partial charge is 0.267 e. The Hall–Kier alpha value is -3.15. The Morgan fingerprint density at radius 3 is 2.62 bits per heavy atom. The molecule has 1 N–H and O–H groups in total. The van der Waals surface area contributed by atoms with Gasteiger partial charge in [-0.1, -0.05) is 12.1 Å². The number of carbonyl (C=O) groups excluding carboxylic acids is 1. The topological polar surface area (TPSA) is 67.2 Å². The number of anilines is 1. The molecule has 6 nitrogen and oxygen atoms in total. The lowest BCUT2D eigenvalue weighted by molar-refractivity contribution is 0.0951. The van der Waals surface area contributed by atoms with E-state index in [2.05, 4.69) is 10.2 Å². The van der Waals surface area contributed by atoms with Gasteiger partial charge in [-0.2, -0.15) is 0 Å². The summed E-state index contributed by atoms with van der Waals surface area (Å²) in [5.41, 5.74) is 2.94. The van der Waals surface area contributed by atoms with Crippen molar-refractivity contribution in [2.75, 3.05) is 18.0 Å². The minimum absolute atomic E-state index is 0.0956. The third-order valence-corrected chi connectivity index (χ3v) is 5.68. The summed E-state index contributed by atoms with van der Waals surface area (Å²) in [7, 11) is 0. The van der Waals surface area contributed by atoms with Crippen molar-refractivity contribution >= 4 is 22.8 Å². The summed E-state index contributed by atoms with van der Waals surface area (Å²) >= 11 is 0. The molecule has 1 saturated heterocycles. The van der Waals surface area contributed by atoms with Gasteiger partial charge in [-0.3, -0.25) is 9.59 Å². The molecular formula is C23H24N4O2. The number of aromatic nitrogens is 2. The minimum atomic E-state index is -0.100. The van der Waals surface area contributed by atoms with E-state index in [1.807, 2.05) is 31.2 Å². The maximum absolute atomic E-state index is 13.5. The largest absolute Gasteiger partial charge is 0.349 e. The van der Waals surface area contributed by atoms with Crippen LogP contribution in [0.1, 0.15) is 41.6 Å². The van der Waals surface area contributed by atoms with Gasteiger partial charge in [0.1, 0.15) is 0 Å². The van der Waals surface area contributed by atoms with Crippen LogP contribution in [0.2, 0.25) is 0 Å². The van der Waals surface area contributed by atoms with Crippen LogP contribution in [0.5, 0.6) is 0 Å². The van der Waals surface area contributed by atoms with Gasteiger partial charge >= 0.3 is 0 Å². The Bertz CT molecular complexity index is 1160. The number of benzene rings is 2. The monoisotopic (exact) mass is 388 g/mol. The Morgan fingerprint density at radius 1 is 1.10 bits per heavy atom. The highest BCUT2D eigenvalue weighted by atomic mass is 16.2. The molecule has 1 amide bonds. The van der Waals surface area contributed by atoms with E-state index >= 15 is 0 Å². The molecule has 2 heterocycles. The van der Waals surface area contributed by atoms with Gasteiger partial charge in [-0.25, -0.2) is 9.55 Å². The molecule has 0 atom stereocenters. The Morgan fingerprint density at radius 2 is 1.90 bits per heavy atom. The lowest BCUT2D eigenvalue weighted by atomic mass is 10.1. The average Bonchev–Trinajstić information content (AvgIpc) is 3.36. The van der Waals surface area contributed by atoms with Crippen LogP contribution in [0.25, 0.3) is 16.6 Å². The molecule has 0 bridgehead atoms. The second-order valence-electron chi connectivity index (χ2n) is 8.07. The summed E-state index contributed by atoms with van der Waals surface area (Å²) < 4.78 is 1.71. The molecule has 1 aromatic heterocycles. The second kappa shape index (κ2) is 7.03. The Balaban J connectivity index is 1.68. The fourth-order valence-electron chi connectivity index (χ4n) is 3.94. The maximum atomic E-state index is 13.5. The van der Waals surface area contributed by atoms with Gasteiger partial charge in [0.05, 0.1) is 16.6 Å². The lowest BCUT2D eigenvalue weighted by Gasteiger charge is -2.22. The van der Waals surface area contributed by atoms with E-state index in [9.17, 15) is 9.59 Å². The predicted octanol–water partition coefficient (Wildman–Crippen LogP) is 3.19. The molecule has 5 rings (SSSR count). The summed E-state index contributed by atoms with van der Waals surface area (Å²) in [6.07, 6.45) is 4.26. The first-order valence-corrected chi connectivity index (χ1v) is 10.3. The predicted molar refractivity (Wildman–Crippen MR) is 114 cm³/mol. The van der Waals surface area contributed by atoms with Gasteiger partial charge in [0.15, 0.2) is 0 Å². The fourth-order valence-corrected chi connectivity index (χ4v) is 3.94. The SMILES string of the molecule is Cc1cccc(-n2c(N3CCCC3)nc3cc(C(=O)NC4CC4)ccc3c2=O)c1. The van der Waals surface area contributed by atoms with E-state index in [4.69, 9.17) is 4.98 Å². The highest BCUT2D eigenvalue weighted by Crippen LogP contribution is 2.24. The van der Waals surface area contributed by atoms with Crippen molar-refractivity contribution in [1.29, 1.82) is 0 Å². The molecule has 0 spiro atoms. The molecule has 29 heavy (non-hydrogen) atoms. The van der Waals surface area contributed by atoms with E-state index in [0.717, 1.165) is 50.0 Å². The molecule has 1 aliphatic carbocycles. The molecule has 2 aromatic carbocycles. The zero-order chi connectivity index (χ0) is 20.0. The normalized spacial score (nSPS) is 16.4. The molecular weight excluding hydrogens is 364 g/mol. The van der Waals surface area contributed by atoms with Crippen molar-refractivity contribution in [1.82, 2.24) is 14.9 Å². The number of carbonyl (C=O) groups is 1. The Kier molecular flexibility index (Phi) is 4.34.